The number of aromatic hydroxyl groups is 1. The number of carbonyl (C=O) groups excluding carboxylic acids is 1. The molecule has 1 atom stereocenters. The van der Waals surface area contributed by atoms with Crippen molar-refractivity contribution in [1.29, 1.82) is 0 Å². The third-order valence-corrected chi connectivity index (χ3v) is 6.51. The molecule has 0 spiro atoms. The molecule has 0 bridgehead atoms. The van der Waals surface area contributed by atoms with Gasteiger partial charge in [-0.3, -0.25) is 9.89 Å². The number of benzene rings is 3. The van der Waals surface area contributed by atoms with Crippen LogP contribution >= 0.6 is 11.6 Å². The molecule has 1 unspecified atom stereocenters. The Hall–Kier alpha value is -3.77. The molecule has 4 aromatic rings. The van der Waals surface area contributed by atoms with Crippen molar-refractivity contribution >= 4 is 17.5 Å². The number of aromatic amines is 1. The number of aromatic nitrogens is 2. The second-order valence-corrected chi connectivity index (χ2v) is 9.01. The van der Waals surface area contributed by atoms with E-state index < -0.39 is 6.04 Å². The zero-order valence-electron chi connectivity index (χ0n) is 19.1. The van der Waals surface area contributed by atoms with Gasteiger partial charge in [-0.25, -0.2) is 0 Å². The molecule has 172 valence electrons. The fraction of sp³-hybridized carbons (Fsp3) is 0.185. The number of amides is 1. The Morgan fingerprint density at radius 3 is 2.47 bits per heavy atom. The second kappa shape index (κ2) is 8.54. The summed E-state index contributed by atoms with van der Waals surface area (Å²) in [6.07, 6.45) is 0. The summed E-state index contributed by atoms with van der Waals surface area (Å²) < 4.78 is 5.27. The number of hydrogen-bond donors (Lipinski definition) is 2. The van der Waals surface area contributed by atoms with Crippen LogP contribution in [0.4, 0.5) is 0 Å². The lowest BCUT2D eigenvalue weighted by Gasteiger charge is -2.27. The number of phenols is 1. The van der Waals surface area contributed by atoms with E-state index >= 15 is 0 Å². The van der Waals surface area contributed by atoms with Crippen LogP contribution in [0, 0.1) is 13.8 Å². The normalized spacial score (nSPS) is 15.0. The number of H-pyrrole nitrogens is 1. The van der Waals surface area contributed by atoms with Gasteiger partial charge in [0.1, 0.15) is 22.9 Å². The highest BCUT2D eigenvalue weighted by Crippen LogP contribution is 2.46. The monoisotopic (exact) mass is 473 g/mol. The molecule has 7 heteroatoms. The van der Waals surface area contributed by atoms with Gasteiger partial charge in [0, 0.05) is 22.7 Å². The number of fused-ring (bicyclic) bond motifs is 1. The Morgan fingerprint density at radius 1 is 1.09 bits per heavy atom. The van der Waals surface area contributed by atoms with E-state index in [4.69, 9.17) is 16.3 Å². The molecule has 6 nitrogen and oxygen atoms in total. The summed E-state index contributed by atoms with van der Waals surface area (Å²) in [7, 11) is 1.62. The Morgan fingerprint density at radius 2 is 1.79 bits per heavy atom. The molecule has 0 radical (unpaired) electrons. The number of phenolic OH excluding ortho intramolecular Hbond substituents is 1. The van der Waals surface area contributed by atoms with Gasteiger partial charge < -0.3 is 14.7 Å². The highest BCUT2D eigenvalue weighted by Gasteiger charge is 2.42. The number of rotatable bonds is 5. The Balaban J connectivity index is 1.65. The fourth-order valence-electron chi connectivity index (χ4n) is 4.62. The molecule has 0 saturated carbocycles. The van der Waals surface area contributed by atoms with Crippen LogP contribution in [-0.4, -0.2) is 33.2 Å². The molecule has 3 aromatic carbocycles. The molecular formula is C27H24ClN3O3. The third kappa shape index (κ3) is 3.70. The maximum absolute atomic E-state index is 13.6. The smallest absolute Gasteiger partial charge is 0.273 e. The number of methoxy groups -OCH3 is 1. The number of ether oxygens (including phenoxy) is 1. The molecule has 1 amide bonds. The quantitative estimate of drug-likeness (QED) is 0.383. The van der Waals surface area contributed by atoms with Crippen molar-refractivity contribution in [3.63, 3.8) is 0 Å². The van der Waals surface area contributed by atoms with E-state index in [0.717, 1.165) is 33.6 Å². The van der Waals surface area contributed by atoms with Gasteiger partial charge in [-0.2, -0.15) is 5.10 Å². The lowest BCUT2D eigenvalue weighted by Crippen LogP contribution is -2.29. The van der Waals surface area contributed by atoms with Crippen LogP contribution in [0.15, 0.2) is 60.7 Å². The molecule has 1 aliphatic heterocycles. The maximum Gasteiger partial charge on any atom is 0.273 e. The first-order chi connectivity index (χ1) is 16.4. The van der Waals surface area contributed by atoms with Crippen LogP contribution in [0.2, 0.25) is 5.02 Å². The number of halogens is 1. The fourth-order valence-corrected chi connectivity index (χ4v) is 4.75. The van der Waals surface area contributed by atoms with Gasteiger partial charge in [-0.05, 0) is 66.4 Å². The maximum atomic E-state index is 13.6. The Kier molecular flexibility index (Phi) is 5.54. The predicted octanol–water partition coefficient (Wildman–Crippen LogP) is 5.81. The average molecular weight is 474 g/mol. The molecule has 1 aromatic heterocycles. The summed E-state index contributed by atoms with van der Waals surface area (Å²) in [5.74, 6) is 0.775. The standard InChI is InChI=1S/C27H24ClN3O3/c1-15-12-16(2)26(32)21(13-15)23-22-24(30-29-23)27(33)31(14-17-4-10-20(34-3)11-5-17)25(22)18-6-8-19(28)9-7-18/h4-13,25,32H,14H2,1-3H3,(H,29,30). The summed E-state index contributed by atoms with van der Waals surface area (Å²) in [5, 5.41) is 18.9. The Bertz CT molecular complexity index is 1380. The van der Waals surface area contributed by atoms with Crippen molar-refractivity contribution < 1.29 is 14.6 Å². The zero-order valence-corrected chi connectivity index (χ0v) is 19.8. The average Bonchev–Trinajstić information content (AvgIpc) is 3.37. The van der Waals surface area contributed by atoms with Gasteiger partial charge in [0.15, 0.2) is 0 Å². The van der Waals surface area contributed by atoms with Crippen LogP contribution in [0.1, 0.15) is 44.3 Å². The SMILES string of the molecule is COc1ccc(CN2C(=O)c3[nH]nc(-c4cc(C)cc(C)c4O)c3C2c2ccc(Cl)cc2)cc1. The summed E-state index contributed by atoms with van der Waals surface area (Å²) in [4.78, 5) is 15.4. The molecule has 5 rings (SSSR count). The molecule has 1 aliphatic rings. The lowest BCUT2D eigenvalue weighted by molar-refractivity contribution is 0.0730. The number of hydrogen-bond acceptors (Lipinski definition) is 4. The van der Waals surface area contributed by atoms with Crippen LogP contribution in [-0.2, 0) is 6.54 Å². The van der Waals surface area contributed by atoms with Gasteiger partial charge in [0.2, 0.25) is 0 Å². The van der Waals surface area contributed by atoms with Crippen LogP contribution in [0.25, 0.3) is 11.3 Å². The highest BCUT2D eigenvalue weighted by molar-refractivity contribution is 6.30. The van der Waals surface area contributed by atoms with E-state index in [0.29, 0.717) is 28.5 Å². The van der Waals surface area contributed by atoms with E-state index in [1.807, 2.05) is 79.4 Å². The number of carbonyl (C=O) groups is 1. The van der Waals surface area contributed by atoms with Gasteiger partial charge in [-0.15, -0.1) is 0 Å². The highest BCUT2D eigenvalue weighted by atomic mass is 35.5. The number of nitrogens with one attached hydrogen (secondary N) is 1. The van der Waals surface area contributed by atoms with Crippen LogP contribution in [0.5, 0.6) is 11.5 Å². The van der Waals surface area contributed by atoms with Crippen LogP contribution < -0.4 is 4.74 Å². The molecule has 34 heavy (non-hydrogen) atoms. The number of aryl methyl sites for hydroxylation is 2. The largest absolute Gasteiger partial charge is 0.507 e. The van der Waals surface area contributed by atoms with Crippen molar-refractivity contribution in [3.8, 4) is 22.8 Å². The van der Waals surface area contributed by atoms with Gasteiger partial charge in [0.25, 0.3) is 5.91 Å². The number of nitrogens with zero attached hydrogens (tertiary/aromatic N) is 2. The minimum absolute atomic E-state index is 0.145. The predicted molar refractivity (Wildman–Crippen MR) is 131 cm³/mol. The van der Waals surface area contributed by atoms with Crippen molar-refractivity contribution in [2.75, 3.05) is 7.11 Å². The lowest BCUT2D eigenvalue weighted by atomic mass is 9.94. The minimum atomic E-state index is -0.393. The summed E-state index contributed by atoms with van der Waals surface area (Å²) >= 11 is 6.16. The van der Waals surface area contributed by atoms with E-state index in [9.17, 15) is 9.90 Å². The van der Waals surface area contributed by atoms with Crippen LogP contribution in [0.3, 0.4) is 0 Å². The second-order valence-electron chi connectivity index (χ2n) is 8.57. The van der Waals surface area contributed by atoms with E-state index in [1.54, 1.807) is 7.11 Å². The van der Waals surface area contributed by atoms with E-state index in [2.05, 4.69) is 10.2 Å². The van der Waals surface area contributed by atoms with Gasteiger partial charge >= 0.3 is 0 Å². The summed E-state index contributed by atoms with van der Waals surface area (Å²) in [6, 6.07) is 18.6. The molecule has 2 heterocycles. The molecule has 0 aliphatic carbocycles. The van der Waals surface area contributed by atoms with E-state index in [1.165, 1.54) is 0 Å². The van der Waals surface area contributed by atoms with E-state index in [-0.39, 0.29) is 11.7 Å². The first kappa shape index (κ1) is 22.0. The zero-order chi connectivity index (χ0) is 24.0. The summed E-state index contributed by atoms with van der Waals surface area (Å²) in [5.41, 5.74) is 6.01. The molecular weight excluding hydrogens is 450 g/mol. The molecule has 0 fully saturated rings. The first-order valence-electron chi connectivity index (χ1n) is 11.0. The molecule has 2 N–H and O–H groups in total. The third-order valence-electron chi connectivity index (χ3n) is 6.26. The van der Waals surface area contributed by atoms with Crippen molar-refractivity contribution in [3.05, 3.63) is 99.2 Å². The summed E-state index contributed by atoms with van der Waals surface area (Å²) in [6.45, 7) is 4.23. The van der Waals surface area contributed by atoms with Crippen molar-refractivity contribution in [2.45, 2.75) is 26.4 Å². The minimum Gasteiger partial charge on any atom is -0.507 e. The van der Waals surface area contributed by atoms with Gasteiger partial charge in [-0.1, -0.05) is 41.9 Å². The topological polar surface area (TPSA) is 78.5 Å². The Labute approximate surface area is 202 Å². The molecule has 0 saturated heterocycles. The van der Waals surface area contributed by atoms with Gasteiger partial charge in [0.05, 0.1) is 13.2 Å². The van der Waals surface area contributed by atoms with Crippen molar-refractivity contribution in [2.24, 2.45) is 0 Å². The van der Waals surface area contributed by atoms with Crippen molar-refractivity contribution in [1.82, 2.24) is 15.1 Å². The first-order valence-corrected chi connectivity index (χ1v) is 11.3.